The maximum atomic E-state index is 12.0. The quantitative estimate of drug-likeness (QED) is 0.776. The van der Waals surface area contributed by atoms with Gasteiger partial charge in [0.1, 0.15) is 0 Å². The third-order valence-corrected chi connectivity index (χ3v) is 3.89. The zero-order chi connectivity index (χ0) is 16.7. The Morgan fingerprint density at radius 1 is 1.35 bits per heavy atom. The SMILES string of the molecule is CC(=CC(=O)NCC(C)(O)CN1CCOCC1)c1ccccc1. The van der Waals surface area contributed by atoms with Crippen molar-refractivity contribution in [3.8, 4) is 0 Å². The standard InChI is InChI=1S/C18H26N2O3/c1-15(16-6-4-3-5-7-16)12-17(21)19-13-18(2,22)14-20-8-10-23-11-9-20/h3-7,12,22H,8-11,13-14H2,1-2H3,(H,19,21). The number of morpholine rings is 1. The smallest absolute Gasteiger partial charge is 0.244 e. The lowest BCUT2D eigenvalue weighted by Gasteiger charge is -2.33. The predicted molar refractivity (Wildman–Crippen MR) is 91.0 cm³/mol. The van der Waals surface area contributed by atoms with E-state index in [2.05, 4.69) is 10.2 Å². The van der Waals surface area contributed by atoms with E-state index < -0.39 is 5.60 Å². The van der Waals surface area contributed by atoms with Crippen LogP contribution in [0.1, 0.15) is 19.4 Å². The van der Waals surface area contributed by atoms with Gasteiger partial charge in [0, 0.05) is 32.3 Å². The van der Waals surface area contributed by atoms with Gasteiger partial charge in [-0.25, -0.2) is 0 Å². The highest BCUT2D eigenvalue weighted by molar-refractivity contribution is 5.94. The summed E-state index contributed by atoms with van der Waals surface area (Å²) in [6.07, 6.45) is 1.57. The average Bonchev–Trinajstić information content (AvgIpc) is 2.54. The second-order valence-corrected chi connectivity index (χ2v) is 6.30. The molecular formula is C18H26N2O3. The number of rotatable bonds is 6. The van der Waals surface area contributed by atoms with E-state index in [9.17, 15) is 9.90 Å². The number of β-amino-alcohol motifs (C(OH)–C–C–N with tert-alkyl or cyclic N) is 1. The minimum atomic E-state index is -0.957. The Morgan fingerprint density at radius 2 is 2.00 bits per heavy atom. The Bertz CT molecular complexity index is 534. The van der Waals surface area contributed by atoms with Crippen LogP contribution >= 0.6 is 0 Å². The minimum Gasteiger partial charge on any atom is -0.387 e. The van der Waals surface area contributed by atoms with Crippen molar-refractivity contribution in [2.24, 2.45) is 0 Å². The second kappa shape index (κ2) is 8.24. The van der Waals surface area contributed by atoms with Gasteiger partial charge in [0.25, 0.3) is 0 Å². The van der Waals surface area contributed by atoms with E-state index in [1.165, 1.54) is 0 Å². The van der Waals surface area contributed by atoms with Gasteiger partial charge in [-0.15, -0.1) is 0 Å². The number of nitrogens with zero attached hydrogens (tertiary/aromatic N) is 1. The number of amides is 1. The molecule has 1 heterocycles. The number of nitrogens with one attached hydrogen (secondary N) is 1. The van der Waals surface area contributed by atoms with Gasteiger partial charge in [-0.1, -0.05) is 30.3 Å². The molecule has 0 radical (unpaired) electrons. The molecule has 5 heteroatoms. The van der Waals surface area contributed by atoms with E-state index >= 15 is 0 Å². The first kappa shape index (κ1) is 17.7. The molecule has 1 fully saturated rings. The van der Waals surface area contributed by atoms with Gasteiger partial charge in [-0.3, -0.25) is 9.69 Å². The van der Waals surface area contributed by atoms with Gasteiger partial charge >= 0.3 is 0 Å². The number of allylic oxidation sites excluding steroid dienone is 1. The van der Waals surface area contributed by atoms with Crippen LogP contribution in [0.25, 0.3) is 5.57 Å². The molecule has 0 saturated carbocycles. The maximum absolute atomic E-state index is 12.0. The summed E-state index contributed by atoms with van der Waals surface area (Å²) in [5, 5.41) is 13.2. The van der Waals surface area contributed by atoms with Crippen molar-refractivity contribution >= 4 is 11.5 Å². The minimum absolute atomic E-state index is 0.186. The average molecular weight is 318 g/mol. The molecule has 1 saturated heterocycles. The van der Waals surface area contributed by atoms with E-state index in [-0.39, 0.29) is 12.5 Å². The molecule has 1 aliphatic heterocycles. The highest BCUT2D eigenvalue weighted by atomic mass is 16.5. The summed E-state index contributed by atoms with van der Waals surface area (Å²) in [4.78, 5) is 14.2. The zero-order valence-electron chi connectivity index (χ0n) is 13.9. The summed E-state index contributed by atoms with van der Waals surface area (Å²) in [5.41, 5.74) is 0.959. The highest BCUT2D eigenvalue weighted by Crippen LogP contribution is 2.12. The van der Waals surface area contributed by atoms with Crippen molar-refractivity contribution in [1.29, 1.82) is 0 Å². The Hall–Kier alpha value is -1.69. The van der Waals surface area contributed by atoms with Crippen LogP contribution in [0.3, 0.4) is 0 Å². The van der Waals surface area contributed by atoms with Crippen molar-refractivity contribution in [2.75, 3.05) is 39.4 Å². The Kier molecular flexibility index (Phi) is 6.33. The van der Waals surface area contributed by atoms with Gasteiger partial charge < -0.3 is 15.2 Å². The zero-order valence-corrected chi connectivity index (χ0v) is 13.9. The molecule has 1 amide bonds. The molecule has 2 N–H and O–H groups in total. The molecule has 23 heavy (non-hydrogen) atoms. The number of aliphatic hydroxyl groups is 1. The molecule has 0 spiro atoms. The highest BCUT2D eigenvalue weighted by Gasteiger charge is 2.25. The van der Waals surface area contributed by atoms with Crippen molar-refractivity contribution in [1.82, 2.24) is 10.2 Å². The summed E-state index contributed by atoms with van der Waals surface area (Å²) in [6.45, 7) is 7.42. The number of hydrogen-bond donors (Lipinski definition) is 2. The molecule has 1 aromatic carbocycles. The number of carbonyl (C=O) groups is 1. The molecule has 126 valence electrons. The van der Waals surface area contributed by atoms with Crippen LogP contribution in [0.2, 0.25) is 0 Å². The monoisotopic (exact) mass is 318 g/mol. The molecule has 1 aliphatic rings. The summed E-state index contributed by atoms with van der Waals surface area (Å²) in [6, 6.07) is 9.76. The van der Waals surface area contributed by atoms with E-state index in [1.54, 1.807) is 13.0 Å². The Morgan fingerprint density at radius 3 is 2.65 bits per heavy atom. The normalized spacial score (nSPS) is 19.2. The van der Waals surface area contributed by atoms with Crippen molar-refractivity contribution in [3.63, 3.8) is 0 Å². The van der Waals surface area contributed by atoms with Crippen molar-refractivity contribution < 1.29 is 14.6 Å². The fraction of sp³-hybridized carbons (Fsp3) is 0.500. The molecule has 0 aromatic heterocycles. The maximum Gasteiger partial charge on any atom is 0.244 e. The van der Waals surface area contributed by atoms with Crippen LogP contribution in [0, 0.1) is 0 Å². The van der Waals surface area contributed by atoms with Crippen molar-refractivity contribution in [3.05, 3.63) is 42.0 Å². The van der Waals surface area contributed by atoms with Gasteiger partial charge in [0.05, 0.1) is 18.8 Å². The number of hydrogen-bond acceptors (Lipinski definition) is 4. The molecule has 1 atom stereocenters. The molecule has 0 bridgehead atoms. The Balaban J connectivity index is 1.82. The van der Waals surface area contributed by atoms with E-state index in [1.807, 2.05) is 37.3 Å². The number of benzene rings is 1. The van der Waals surface area contributed by atoms with E-state index in [4.69, 9.17) is 4.74 Å². The number of carbonyl (C=O) groups excluding carboxylic acids is 1. The van der Waals surface area contributed by atoms with Crippen LogP contribution in [0.4, 0.5) is 0 Å². The van der Waals surface area contributed by atoms with Gasteiger partial charge in [0.15, 0.2) is 0 Å². The lowest BCUT2D eigenvalue weighted by atomic mass is 10.1. The lowest BCUT2D eigenvalue weighted by Crippen LogP contribution is -2.51. The van der Waals surface area contributed by atoms with Crippen LogP contribution in [0.15, 0.2) is 36.4 Å². The predicted octanol–water partition coefficient (Wildman–Crippen LogP) is 1.29. The Labute approximate surface area is 137 Å². The molecule has 1 unspecified atom stereocenters. The molecule has 0 aliphatic carbocycles. The van der Waals surface area contributed by atoms with Crippen LogP contribution in [-0.2, 0) is 9.53 Å². The summed E-state index contributed by atoms with van der Waals surface area (Å²) in [7, 11) is 0. The van der Waals surface area contributed by atoms with E-state index in [0.29, 0.717) is 19.8 Å². The number of ether oxygens (including phenoxy) is 1. The fourth-order valence-electron chi connectivity index (χ4n) is 2.61. The third kappa shape index (κ3) is 6.14. The summed E-state index contributed by atoms with van der Waals surface area (Å²) in [5.74, 6) is -0.186. The van der Waals surface area contributed by atoms with Gasteiger partial charge in [0.2, 0.25) is 5.91 Å². The summed E-state index contributed by atoms with van der Waals surface area (Å²) >= 11 is 0. The van der Waals surface area contributed by atoms with Gasteiger partial charge in [-0.05, 0) is 25.0 Å². The third-order valence-electron chi connectivity index (χ3n) is 3.89. The van der Waals surface area contributed by atoms with Crippen LogP contribution in [0.5, 0.6) is 0 Å². The van der Waals surface area contributed by atoms with E-state index in [0.717, 1.165) is 24.2 Å². The first-order valence-corrected chi connectivity index (χ1v) is 8.00. The molecular weight excluding hydrogens is 292 g/mol. The molecule has 2 rings (SSSR count). The van der Waals surface area contributed by atoms with Crippen molar-refractivity contribution in [2.45, 2.75) is 19.4 Å². The molecule has 5 nitrogen and oxygen atoms in total. The summed E-state index contributed by atoms with van der Waals surface area (Å²) < 4.78 is 5.30. The van der Waals surface area contributed by atoms with Crippen LogP contribution in [-0.4, -0.2) is 60.9 Å². The second-order valence-electron chi connectivity index (χ2n) is 6.30. The van der Waals surface area contributed by atoms with Gasteiger partial charge in [-0.2, -0.15) is 0 Å². The fourth-order valence-corrected chi connectivity index (χ4v) is 2.61. The first-order valence-electron chi connectivity index (χ1n) is 8.00. The lowest BCUT2D eigenvalue weighted by molar-refractivity contribution is -0.117. The van der Waals surface area contributed by atoms with Crippen LogP contribution < -0.4 is 5.32 Å². The largest absolute Gasteiger partial charge is 0.387 e. The topological polar surface area (TPSA) is 61.8 Å². The molecule has 1 aromatic rings. The first-order chi connectivity index (χ1) is 11.0.